The number of amides is 3. The van der Waals surface area contributed by atoms with E-state index >= 15 is 0 Å². The second kappa shape index (κ2) is 9.22. The summed E-state index contributed by atoms with van der Waals surface area (Å²) in [7, 11) is 0. The Hall–Kier alpha value is -1.67. The minimum atomic E-state index is -0.637. The molecule has 164 valence electrons. The van der Waals surface area contributed by atoms with E-state index in [1.165, 1.54) is 0 Å². The van der Waals surface area contributed by atoms with Crippen molar-refractivity contribution in [2.75, 3.05) is 18.6 Å². The van der Waals surface area contributed by atoms with Crippen molar-refractivity contribution >= 4 is 41.2 Å². The van der Waals surface area contributed by atoms with Crippen LogP contribution in [0.1, 0.15) is 55.4 Å². The van der Waals surface area contributed by atoms with Gasteiger partial charge >= 0.3 is 0 Å². The molecular formula is C22H31N3O3S2. The number of nitrogens with one attached hydrogen (secondary N) is 2. The van der Waals surface area contributed by atoms with E-state index in [2.05, 4.69) is 10.6 Å². The Bertz CT molecular complexity index is 828. The molecule has 2 aliphatic heterocycles. The molecule has 3 amide bonds. The standard InChI is InChI=1S/C22H31N3O3S2/c1-13(2)12-23-18(26)16(10-11-29-5)24-19(27)17-22(3,4)30-21-15-9-7-6-8-14(15)20(28)25(17)21/h6-9,13,16-17,21H,10-12H2,1-5H3,(H,23,26)(H,24,27)/t16-,17-,21-/m0/s1. The largest absolute Gasteiger partial charge is 0.354 e. The van der Waals surface area contributed by atoms with Gasteiger partial charge in [-0.3, -0.25) is 14.4 Å². The van der Waals surface area contributed by atoms with Crippen LogP contribution in [0.4, 0.5) is 0 Å². The molecular weight excluding hydrogens is 418 g/mol. The van der Waals surface area contributed by atoms with Gasteiger partial charge < -0.3 is 15.5 Å². The van der Waals surface area contributed by atoms with Crippen molar-refractivity contribution in [3.63, 3.8) is 0 Å². The van der Waals surface area contributed by atoms with Gasteiger partial charge in [0.05, 0.1) is 0 Å². The van der Waals surface area contributed by atoms with Crippen LogP contribution in [0.25, 0.3) is 0 Å². The number of carbonyl (C=O) groups excluding carboxylic acids is 3. The monoisotopic (exact) mass is 449 g/mol. The molecule has 2 heterocycles. The molecule has 1 saturated heterocycles. The quantitative estimate of drug-likeness (QED) is 0.638. The zero-order valence-electron chi connectivity index (χ0n) is 18.2. The van der Waals surface area contributed by atoms with Crippen molar-refractivity contribution in [2.24, 2.45) is 5.92 Å². The SMILES string of the molecule is CSCC[C@H](NC(=O)[C@@H]1N2C(=O)c3ccccc3[C@@H]2SC1(C)C)C(=O)NCC(C)C. The Balaban J connectivity index is 1.80. The number of hydrogen-bond acceptors (Lipinski definition) is 5. The molecule has 0 unspecified atom stereocenters. The van der Waals surface area contributed by atoms with E-state index in [9.17, 15) is 14.4 Å². The van der Waals surface area contributed by atoms with Crippen LogP contribution >= 0.6 is 23.5 Å². The Labute approximate surface area is 187 Å². The fourth-order valence-corrected chi connectivity index (χ4v) is 6.05. The van der Waals surface area contributed by atoms with Crippen molar-refractivity contribution in [3.8, 4) is 0 Å². The summed E-state index contributed by atoms with van der Waals surface area (Å²) >= 11 is 3.27. The van der Waals surface area contributed by atoms with Gasteiger partial charge in [-0.15, -0.1) is 11.8 Å². The first kappa shape index (κ1) is 23.0. The lowest BCUT2D eigenvalue weighted by Gasteiger charge is -2.31. The van der Waals surface area contributed by atoms with Gasteiger partial charge in [-0.1, -0.05) is 32.0 Å². The summed E-state index contributed by atoms with van der Waals surface area (Å²) < 4.78 is -0.462. The fourth-order valence-electron chi connectivity index (χ4n) is 3.99. The number of benzene rings is 1. The number of rotatable bonds is 8. The van der Waals surface area contributed by atoms with Crippen molar-refractivity contribution < 1.29 is 14.4 Å². The molecule has 0 bridgehead atoms. The van der Waals surface area contributed by atoms with Gasteiger partial charge in [0.1, 0.15) is 17.5 Å². The number of thioether (sulfide) groups is 2. The summed E-state index contributed by atoms with van der Waals surface area (Å²) in [5.74, 6) is 0.555. The summed E-state index contributed by atoms with van der Waals surface area (Å²) in [6.07, 6.45) is 2.53. The van der Waals surface area contributed by atoms with E-state index in [0.29, 0.717) is 24.4 Å². The Morgan fingerprint density at radius 2 is 1.97 bits per heavy atom. The maximum Gasteiger partial charge on any atom is 0.256 e. The number of carbonyl (C=O) groups is 3. The maximum absolute atomic E-state index is 13.4. The van der Waals surface area contributed by atoms with Crippen LogP contribution in [0.3, 0.4) is 0 Å². The van der Waals surface area contributed by atoms with Crippen molar-refractivity contribution in [1.82, 2.24) is 15.5 Å². The zero-order chi connectivity index (χ0) is 22.1. The van der Waals surface area contributed by atoms with Crippen LogP contribution < -0.4 is 10.6 Å². The van der Waals surface area contributed by atoms with Gasteiger partial charge in [-0.25, -0.2) is 0 Å². The molecule has 3 rings (SSSR count). The average Bonchev–Trinajstić information content (AvgIpc) is 3.12. The van der Waals surface area contributed by atoms with Gasteiger partial charge in [-0.05, 0) is 49.8 Å². The minimum Gasteiger partial charge on any atom is -0.354 e. The van der Waals surface area contributed by atoms with E-state index in [0.717, 1.165) is 11.3 Å². The van der Waals surface area contributed by atoms with Gasteiger partial charge in [0, 0.05) is 16.9 Å². The molecule has 30 heavy (non-hydrogen) atoms. The maximum atomic E-state index is 13.4. The summed E-state index contributed by atoms with van der Waals surface area (Å²) in [5.41, 5.74) is 1.63. The fraction of sp³-hybridized carbons (Fsp3) is 0.591. The highest BCUT2D eigenvalue weighted by molar-refractivity contribution is 8.01. The highest BCUT2D eigenvalue weighted by Crippen LogP contribution is 2.56. The van der Waals surface area contributed by atoms with Gasteiger partial charge in [0.25, 0.3) is 5.91 Å². The molecule has 1 fully saturated rings. The first-order valence-electron chi connectivity index (χ1n) is 10.3. The van der Waals surface area contributed by atoms with Crippen molar-refractivity contribution in [2.45, 2.75) is 56.3 Å². The van der Waals surface area contributed by atoms with E-state index in [-0.39, 0.29) is 23.1 Å². The number of hydrogen-bond donors (Lipinski definition) is 2. The molecule has 2 aliphatic rings. The van der Waals surface area contributed by atoms with Crippen LogP contribution in [0.15, 0.2) is 24.3 Å². The third-order valence-corrected chi connectivity index (χ3v) is 7.65. The average molecular weight is 450 g/mol. The summed E-state index contributed by atoms with van der Waals surface area (Å²) in [5, 5.41) is 5.72. The van der Waals surface area contributed by atoms with Crippen molar-refractivity contribution in [1.29, 1.82) is 0 Å². The molecule has 1 aromatic rings. The van der Waals surface area contributed by atoms with Crippen LogP contribution in [0.5, 0.6) is 0 Å². The Morgan fingerprint density at radius 1 is 1.27 bits per heavy atom. The van der Waals surface area contributed by atoms with Crippen LogP contribution in [0.2, 0.25) is 0 Å². The van der Waals surface area contributed by atoms with Crippen LogP contribution in [0, 0.1) is 5.92 Å². The molecule has 0 radical (unpaired) electrons. The van der Waals surface area contributed by atoms with Gasteiger partial charge in [0.2, 0.25) is 11.8 Å². The lowest BCUT2D eigenvalue weighted by molar-refractivity contribution is -0.131. The highest BCUT2D eigenvalue weighted by atomic mass is 32.2. The molecule has 0 saturated carbocycles. The van der Waals surface area contributed by atoms with E-state index in [1.807, 2.05) is 58.2 Å². The number of nitrogens with zero attached hydrogens (tertiary/aromatic N) is 1. The Kier molecular flexibility index (Phi) is 7.07. The summed E-state index contributed by atoms with van der Waals surface area (Å²) in [4.78, 5) is 40.9. The van der Waals surface area contributed by atoms with Gasteiger partial charge in [0.15, 0.2) is 0 Å². The third kappa shape index (κ3) is 4.49. The second-order valence-corrected chi connectivity index (χ2v) is 11.5. The molecule has 6 nitrogen and oxygen atoms in total. The second-order valence-electron chi connectivity index (χ2n) is 8.76. The molecule has 0 aliphatic carbocycles. The zero-order valence-corrected chi connectivity index (χ0v) is 19.9. The summed E-state index contributed by atoms with van der Waals surface area (Å²) in [6.45, 7) is 8.62. The van der Waals surface area contributed by atoms with Gasteiger partial charge in [-0.2, -0.15) is 11.8 Å². The normalized spacial score (nSPS) is 22.6. The van der Waals surface area contributed by atoms with Crippen LogP contribution in [-0.2, 0) is 9.59 Å². The highest BCUT2D eigenvalue weighted by Gasteiger charge is 2.57. The summed E-state index contributed by atoms with van der Waals surface area (Å²) in [6, 6.07) is 6.31. The molecule has 0 spiro atoms. The lowest BCUT2D eigenvalue weighted by atomic mass is 10.00. The van der Waals surface area contributed by atoms with Crippen LogP contribution in [-0.4, -0.2) is 58.0 Å². The minimum absolute atomic E-state index is 0.112. The predicted molar refractivity (Wildman–Crippen MR) is 124 cm³/mol. The first-order valence-corrected chi connectivity index (χ1v) is 12.6. The smallest absolute Gasteiger partial charge is 0.256 e. The number of fused-ring (bicyclic) bond motifs is 3. The van der Waals surface area contributed by atoms with E-state index in [1.54, 1.807) is 28.4 Å². The molecule has 1 aromatic carbocycles. The molecule has 2 N–H and O–H groups in total. The third-order valence-electron chi connectivity index (χ3n) is 5.47. The van der Waals surface area contributed by atoms with E-state index < -0.39 is 16.8 Å². The predicted octanol–water partition coefficient (Wildman–Crippen LogP) is 3.05. The topological polar surface area (TPSA) is 78.5 Å². The van der Waals surface area contributed by atoms with E-state index in [4.69, 9.17) is 0 Å². The van der Waals surface area contributed by atoms with Crippen molar-refractivity contribution in [3.05, 3.63) is 35.4 Å². The lowest BCUT2D eigenvalue weighted by Crippen LogP contribution is -2.57. The molecule has 8 heteroatoms. The Morgan fingerprint density at radius 3 is 2.63 bits per heavy atom. The first-order chi connectivity index (χ1) is 14.2. The molecule has 3 atom stereocenters. The molecule has 0 aromatic heterocycles.